The van der Waals surface area contributed by atoms with Crippen LogP contribution in [0.1, 0.15) is 12.8 Å². The van der Waals surface area contributed by atoms with Gasteiger partial charge >= 0.3 is 0 Å². The van der Waals surface area contributed by atoms with E-state index in [2.05, 4.69) is 18.1 Å². The second-order valence-electron chi connectivity index (χ2n) is 3.11. The van der Waals surface area contributed by atoms with Gasteiger partial charge in [-0.2, -0.15) is 0 Å². The van der Waals surface area contributed by atoms with E-state index in [-0.39, 0.29) is 0 Å². The first-order chi connectivity index (χ1) is 6.24. The van der Waals surface area contributed by atoms with Gasteiger partial charge in [-0.15, -0.1) is 0 Å². The van der Waals surface area contributed by atoms with E-state index in [4.69, 9.17) is 0 Å². The predicted molar refractivity (Wildman–Crippen MR) is 54.3 cm³/mol. The Labute approximate surface area is 79.2 Å². The molecule has 1 fully saturated rings. The van der Waals surface area contributed by atoms with Crippen LogP contribution in [-0.4, -0.2) is 23.8 Å². The number of allylic oxidation sites excluding steroid dienone is 3. The maximum atomic E-state index is 11.0. The minimum absolute atomic E-state index is 0.358. The van der Waals surface area contributed by atoms with Crippen LogP contribution in [0.15, 0.2) is 37.1 Å². The van der Waals surface area contributed by atoms with E-state index in [9.17, 15) is 4.79 Å². The average molecular weight is 177 g/mol. The van der Waals surface area contributed by atoms with Crippen LogP contribution in [0.2, 0.25) is 0 Å². The molecule has 0 aromatic carbocycles. The molecule has 0 aliphatic carbocycles. The lowest BCUT2D eigenvalue weighted by Gasteiger charge is -2.28. The van der Waals surface area contributed by atoms with Crippen molar-refractivity contribution in [3.05, 3.63) is 37.1 Å². The number of hydrogen-bond acceptors (Lipinski definition) is 2. The molecule has 1 rings (SSSR count). The molecule has 0 aromatic heterocycles. The molecular formula is C11H15NO. The van der Waals surface area contributed by atoms with Crippen LogP contribution in [0.5, 0.6) is 0 Å². The summed E-state index contributed by atoms with van der Waals surface area (Å²) >= 11 is 0. The quantitative estimate of drug-likeness (QED) is 0.614. The lowest BCUT2D eigenvalue weighted by atomic mass is 10.1. The van der Waals surface area contributed by atoms with E-state index < -0.39 is 0 Å². The van der Waals surface area contributed by atoms with Crippen molar-refractivity contribution in [1.29, 1.82) is 0 Å². The first-order valence-corrected chi connectivity index (χ1v) is 4.48. The highest BCUT2D eigenvalue weighted by atomic mass is 16.1. The topological polar surface area (TPSA) is 20.3 Å². The van der Waals surface area contributed by atoms with Gasteiger partial charge in [0.05, 0.1) is 0 Å². The highest BCUT2D eigenvalue weighted by Gasteiger charge is 2.15. The van der Waals surface area contributed by atoms with Gasteiger partial charge in [-0.3, -0.25) is 4.79 Å². The third kappa shape index (κ3) is 2.90. The van der Waals surface area contributed by atoms with Crippen molar-refractivity contribution < 1.29 is 4.79 Å². The van der Waals surface area contributed by atoms with Crippen molar-refractivity contribution >= 4 is 5.78 Å². The van der Waals surface area contributed by atoms with Gasteiger partial charge in [0.15, 0.2) is 0 Å². The van der Waals surface area contributed by atoms with Crippen molar-refractivity contribution in [2.45, 2.75) is 12.8 Å². The normalized spacial score (nSPS) is 17.8. The molecule has 2 nitrogen and oxygen atoms in total. The Balaban J connectivity index is 2.44. The molecule has 0 radical (unpaired) electrons. The van der Waals surface area contributed by atoms with Gasteiger partial charge in [0.1, 0.15) is 5.78 Å². The standard InChI is InChI=1S/C11H15NO/c1-3-4-5-10(2)12-8-6-11(13)7-9-12/h3-5H,1-2,6-9H2/b5-4-. The van der Waals surface area contributed by atoms with E-state index in [0.29, 0.717) is 18.6 Å². The van der Waals surface area contributed by atoms with Gasteiger partial charge in [-0.1, -0.05) is 25.3 Å². The van der Waals surface area contributed by atoms with Crippen LogP contribution in [0.4, 0.5) is 0 Å². The molecule has 1 aliphatic heterocycles. The summed E-state index contributed by atoms with van der Waals surface area (Å²) in [6.07, 6.45) is 6.81. The Morgan fingerprint density at radius 3 is 2.54 bits per heavy atom. The van der Waals surface area contributed by atoms with Crippen molar-refractivity contribution in [1.82, 2.24) is 4.90 Å². The number of hydrogen-bond donors (Lipinski definition) is 0. The Bertz CT molecular complexity index is 243. The summed E-state index contributed by atoms with van der Waals surface area (Å²) in [5, 5.41) is 0. The second kappa shape index (κ2) is 4.65. The number of ketones is 1. The van der Waals surface area contributed by atoms with Crippen molar-refractivity contribution in [3.8, 4) is 0 Å². The Kier molecular flexibility index (Phi) is 3.50. The van der Waals surface area contributed by atoms with Crippen LogP contribution in [0, 0.1) is 0 Å². The average Bonchev–Trinajstić information content (AvgIpc) is 2.15. The van der Waals surface area contributed by atoms with Gasteiger partial charge < -0.3 is 4.90 Å². The zero-order valence-electron chi connectivity index (χ0n) is 7.83. The third-order valence-corrected chi connectivity index (χ3v) is 2.15. The lowest BCUT2D eigenvalue weighted by Crippen LogP contribution is -2.32. The number of rotatable bonds is 3. The Morgan fingerprint density at radius 2 is 2.00 bits per heavy atom. The number of likely N-dealkylation sites (tertiary alicyclic amines) is 1. The zero-order valence-corrected chi connectivity index (χ0v) is 7.83. The molecule has 70 valence electrons. The van der Waals surface area contributed by atoms with E-state index in [1.807, 2.05) is 12.2 Å². The number of piperidine rings is 1. The maximum Gasteiger partial charge on any atom is 0.136 e. The largest absolute Gasteiger partial charge is 0.371 e. The molecule has 2 heteroatoms. The molecule has 1 saturated heterocycles. The highest BCUT2D eigenvalue weighted by molar-refractivity contribution is 5.79. The summed E-state index contributed by atoms with van der Waals surface area (Å²) in [5.74, 6) is 0.358. The number of Topliss-reactive ketones (excluding diaryl/α,β-unsaturated/α-hetero) is 1. The molecule has 1 aliphatic rings. The van der Waals surface area contributed by atoms with Gasteiger partial charge in [-0.25, -0.2) is 0 Å². The molecule has 13 heavy (non-hydrogen) atoms. The van der Waals surface area contributed by atoms with E-state index in [1.54, 1.807) is 6.08 Å². The molecule has 0 unspecified atom stereocenters. The van der Waals surface area contributed by atoms with Crippen molar-refractivity contribution in [3.63, 3.8) is 0 Å². The molecule has 0 bridgehead atoms. The molecule has 0 N–H and O–H groups in total. The monoisotopic (exact) mass is 177 g/mol. The fraction of sp³-hybridized carbons (Fsp3) is 0.364. The van der Waals surface area contributed by atoms with Crippen molar-refractivity contribution in [2.75, 3.05) is 13.1 Å². The summed E-state index contributed by atoms with van der Waals surface area (Å²) in [6, 6.07) is 0. The summed E-state index contributed by atoms with van der Waals surface area (Å²) < 4.78 is 0. The van der Waals surface area contributed by atoms with E-state index in [0.717, 1.165) is 18.8 Å². The van der Waals surface area contributed by atoms with Crippen LogP contribution in [0.3, 0.4) is 0 Å². The van der Waals surface area contributed by atoms with Crippen LogP contribution < -0.4 is 0 Å². The molecule has 0 spiro atoms. The molecular weight excluding hydrogens is 162 g/mol. The predicted octanol–water partition coefficient (Wildman–Crippen LogP) is 1.91. The molecule has 0 atom stereocenters. The van der Waals surface area contributed by atoms with Crippen LogP contribution in [0.25, 0.3) is 0 Å². The van der Waals surface area contributed by atoms with Crippen LogP contribution in [-0.2, 0) is 4.79 Å². The molecule has 1 heterocycles. The third-order valence-electron chi connectivity index (χ3n) is 2.15. The number of nitrogens with zero attached hydrogens (tertiary/aromatic N) is 1. The molecule has 0 amide bonds. The number of carbonyl (C=O) groups excluding carboxylic acids is 1. The zero-order chi connectivity index (χ0) is 9.68. The van der Waals surface area contributed by atoms with E-state index in [1.165, 1.54) is 0 Å². The molecule has 0 saturated carbocycles. The summed E-state index contributed by atoms with van der Waals surface area (Å²) in [4.78, 5) is 13.1. The van der Waals surface area contributed by atoms with Gasteiger partial charge in [0.2, 0.25) is 0 Å². The first kappa shape index (κ1) is 9.78. The minimum atomic E-state index is 0.358. The molecule has 0 aromatic rings. The van der Waals surface area contributed by atoms with Gasteiger partial charge in [0, 0.05) is 31.6 Å². The number of carbonyl (C=O) groups is 1. The summed E-state index contributed by atoms with van der Waals surface area (Å²) in [6.45, 7) is 9.12. The lowest BCUT2D eigenvalue weighted by molar-refractivity contribution is -0.121. The second-order valence-corrected chi connectivity index (χ2v) is 3.11. The van der Waals surface area contributed by atoms with Crippen molar-refractivity contribution in [2.24, 2.45) is 0 Å². The van der Waals surface area contributed by atoms with Gasteiger partial charge in [0.25, 0.3) is 0 Å². The highest BCUT2D eigenvalue weighted by Crippen LogP contribution is 2.11. The van der Waals surface area contributed by atoms with E-state index >= 15 is 0 Å². The van der Waals surface area contributed by atoms with Crippen LogP contribution >= 0.6 is 0 Å². The minimum Gasteiger partial charge on any atom is -0.371 e. The smallest absolute Gasteiger partial charge is 0.136 e. The Morgan fingerprint density at radius 1 is 1.38 bits per heavy atom. The maximum absolute atomic E-state index is 11.0. The fourth-order valence-electron chi connectivity index (χ4n) is 1.33. The fourth-order valence-corrected chi connectivity index (χ4v) is 1.33. The summed E-state index contributed by atoms with van der Waals surface area (Å²) in [5.41, 5.74) is 0.965. The SMILES string of the molecule is C=C/C=C\C(=C)N1CCC(=O)CC1. The summed E-state index contributed by atoms with van der Waals surface area (Å²) in [7, 11) is 0. The Hall–Kier alpha value is -1.31. The first-order valence-electron chi connectivity index (χ1n) is 4.48. The van der Waals surface area contributed by atoms with Gasteiger partial charge in [-0.05, 0) is 6.08 Å².